The van der Waals surface area contributed by atoms with Crippen LogP contribution in [-0.2, 0) is 34.5 Å². The summed E-state index contributed by atoms with van der Waals surface area (Å²) in [6.45, 7) is 4.50. The number of cyclic esters (lactones) is 1. The van der Waals surface area contributed by atoms with Crippen LogP contribution in [0.3, 0.4) is 0 Å². The quantitative estimate of drug-likeness (QED) is 0.710. The minimum atomic E-state index is -0.760. The van der Waals surface area contributed by atoms with E-state index in [0.29, 0.717) is 18.5 Å². The van der Waals surface area contributed by atoms with Crippen LogP contribution in [0, 0.1) is 0 Å². The van der Waals surface area contributed by atoms with E-state index in [0.717, 1.165) is 35.2 Å². The third-order valence-corrected chi connectivity index (χ3v) is 6.60. The lowest BCUT2D eigenvalue weighted by atomic mass is 9.76. The molecule has 28 heavy (non-hydrogen) atoms. The summed E-state index contributed by atoms with van der Waals surface area (Å²) in [6, 6.07) is 10.5. The van der Waals surface area contributed by atoms with Crippen molar-refractivity contribution in [1.82, 2.24) is 4.57 Å². The zero-order valence-electron chi connectivity index (χ0n) is 16.2. The van der Waals surface area contributed by atoms with Gasteiger partial charge in [0.1, 0.15) is 6.61 Å². The summed E-state index contributed by atoms with van der Waals surface area (Å²) in [5, 5.41) is 0. The first-order valence-corrected chi connectivity index (χ1v) is 9.96. The van der Waals surface area contributed by atoms with Crippen molar-refractivity contribution >= 4 is 17.6 Å². The van der Waals surface area contributed by atoms with E-state index in [1.54, 1.807) is 0 Å². The van der Waals surface area contributed by atoms with Gasteiger partial charge < -0.3 is 9.30 Å². The molecule has 0 N–H and O–H groups in total. The second kappa shape index (κ2) is 6.06. The molecule has 4 nitrogen and oxygen atoms in total. The molecule has 4 heteroatoms. The van der Waals surface area contributed by atoms with Crippen LogP contribution in [-0.4, -0.2) is 10.5 Å². The maximum absolute atomic E-state index is 13.3. The molecule has 2 aliphatic heterocycles. The fourth-order valence-corrected chi connectivity index (χ4v) is 4.68. The Morgan fingerprint density at radius 3 is 2.86 bits per heavy atom. The summed E-state index contributed by atoms with van der Waals surface area (Å²) < 4.78 is 7.22. The number of carbonyl (C=O) groups excluding carboxylic acids is 1. The van der Waals surface area contributed by atoms with E-state index in [-0.39, 0.29) is 18.1 Å². The number of aryl methyl sites for hydroxylation is 1. The molecule has 0 spiro atoms. The molecule has 1 aromatic heterocycles. The highest BCUT2D eigenvalue weighted by Crippen LogP contribution is 2.40. The first-order valence-electron chi connectivity index (χ1n) is 9.96. The third-order valence-electron chi connectivity index (χ3n) is 6.60. The van der Waals surface area contributed by atoms with Crippen LogP contribution in [0.25, 0.3) is 11.6 Å². The second-order valence-corrected chi connectivity index (χ2v) is 8.10. The summed E-state index contributed by atoms with van der Waals surface area (Å²) in [5.74, 6) is -0.235. The van der Waals surface area contributed by atoms with Crippen LogP contribution >= 0.6 is 0 Å². The number of hydrogen-bond acceptors (Lipinski definition) is 3. The zero-order valence-corrected chi connectivity index (χ0v) is 16.2. The van der Waals surface area contributed by atoms with Gasteiger partial charge in [0.05, 0.1) is 23.2 Å². The summed E-state index contributed by atoms with van der Waals surface area (Å²) in [7, 11) is 0. The third kappa shape index (κ3) is 2.30. The van der Waals surface area contributed by atoms with Gasteiger partial charge in [-0.05, 0) is 66.2 Å². The maximum Gasteiger partial charge on any atom is 0.316 e. The van der Waals surface area contributed by atoms with Gasteiger partial charge >= 0.3 is 5.97 Å². The Balaban J connectivity index is 1.72. The average Bonchev–Trinajstić information content (AvgIpc) is 3.01. The van der Waals surface area contributed by atoms with Gasteiger partial charge in [-0.3, -0.25) is 9.59 Å². The first kappa shape index (κ1) is 17.2. The molecular weight excluding hydrogens is 350 g/mol. The van der Waals surface area contributed by atoms with E-state index in [4.69, 9.17) is 4.74 Å². The summed E-state index contributed by atoms with van der Waals surface area (Å²) in [5.41, 5.74) is 6.48. The predicted molar refractivity (Wildman–Crippen MR) is 109 cm³/mol. The highest BCUT2D eigenvalue weighted by atomic mass is 16.5. The Kier molecular flexibility index (Phi) is 3.73. The van der Waals surface area contributed by atoms with Gasteiger partial charge in [-0.15, -0.1) is 0 Å². The summed E-state index contributed by atoms with van der Waals surface area (Å²) in [6.07, 6.45) is 6.99. The number of rotatable bonds is 1. The standard InChI is InChI=1S/C24H23NO3/c1-3-24(2)20-12-21-18-10-6-9-15-7-4-5-8-16(15)11-17(18)13-25(21)22(26)19(20)14-28-23(24)27/h4-5,7-8,10-12H,3,6,9,13-14H2,1-2H3/b17-11-,18-10+/t24-/m1/s1. The molecule has 3 aliphatic rings. The van der Waals surface area contributed by atoms with Crippen molar-refractivity contribution in [3.05, 3.63) is 80.3 Å². The molecule has 142 valence electrons. The highest BCUT2D eigenvalue weighted by molar-refractivity contribution is 5.89. The average molecular weight is 373 g/mol. The van der Waals surface area contributed by atoms with E-state index in [1.165, 1.54) is 11.1 Å². The van der Waals surface area contributed by atoms with Crippen molar-refractivity contribution in [2.75, 3.05) is 0 Å². The number of hydrogen-bond donors (Lipinski definition) is 0. The molecule has 0 unspecified atom stereocenters. The highest BCUT2D eigenvalue weighted by Gasteiger charge is 2.43. The molecule has 2 aromatic rings. The minimum Gasteiger partial charge on any atom is -0.460 e. The topological polar surface area (TPSA) is 48.3 Å². The van der Waals surface area contributed by atoms with E-state index in [1.807, 2.05) is 18.4 Å². The number of nitrogens with zero attached hydrogens (tertiary/aromatic N) is 1. The Bertz CT molecular complexity index is 1140. The number of aromatic nitrogens is 1. The molecule has 0 radical (unpaired) electrons. The van der Waals surface area contributed by atoms with Crippen molar-refractivity contribution < 1.29 is 9.53 Å². The number of esters is 1. The normalized spacial score (nSPS) is 26.3. The van der Waals surface area contributed by atoms with Crippen LogP contribution in [0.4, 0.5) is 0 Å². The molecule has 5 rings (SSSR count). The van der Waals surface area contributed by atoms with E-state index in [9.17, 15) is 9.59 Å². The molecule has 1 atom stereocenters. The van der Waals surface area contributed by atoms with Crippen LogP contribution < -0.4 is 5.56 Å². The van der Waals surface area contributed by atoms with Crippen molar-refractivity contribution in [3.63, 3.8) is 0 Å². The first-order chi connectivity index (χ1) is 13.5. The monoisotopic (exact) mass is 373 g/mol. The Labute approximate surface area is 164 Å². The summed E-state index contributed by atoms with van der Waals surface area (Å²) >= 11 is 0. The van der Waals surface area contributed by atoms with Gasteiger partial charge in [-0.2, -0.15) is 0 Å². The van der Waals surface area contributed by atoms with Crippen LogP contribution in [0.2, 0.25) is 0 Å². The van der Waals surface area contributed by atoms with Gasteiger partial charge in [-0.1, -0.05) is 37.3 Å². The lowest BCUT2D eigenvalue weighted by molar-refractivity contribution is -0.153. The lowest BCUT2D eigenvalue weighted by Crippen LogP contribution is -2.42. The molecule has 0 saturated heterocycles. The molecule has 0 fully saturated rings. The molecule has 3 heterocycles. The zero-order chi connectivity index (χ0) is 19.5. The van der Waals surface area contributed by atoms with E-state index >= 15 is 0 Å². The van der Waals surface area contributed by atoms with Gasteiger partial charge in [0, 0.05) is 0 Å². The lowest BCUT2D eigenvalue weighted by Gasteiger charge is -2.33. The summed E-state index contributed by atoms with van der Waals surface area (Å²) in [4.78, 5) is 25.8. The minimum absolute atomic E-state index is 0.0264. The fraction of sp³-hybridized carbons (Fsp3) is 0.333. The number of fused-ring (bicyclic) bond motifs is 5. The van der Waals surface area contributed by atoms with Gasteiger partial charge in [0.2, 0.25) is 0 Å². The van der Waals surface area contributed by atoms with Crippen LogP contribution in [0.1, 0.15) is 54.6 Å². The van der Waals surface area contributed by atoms with Crippen LogP contribution in [0.5, 0.6) is 0 Å². The number of carbonyl (C=O) groups is 1. The molecular formula is C24H23NO3. The largest absolute Gasteiger partial charge is 0.460 e. The van der Waals surface area contributed by atoms with Crippen molar-refractivity contribution in [2.24, 2.45) is 0 Å². The SMILES string of the molecule is CC[C@@]1(C)C(=O)OCc2c1cc1n(c2=O)CC2=C/c3ccccc3CC/C=C\21. The van der Waals surface area contributed by atoms with Gasteiger partial charge in [0.25, 0.3) is 5.56 Å². The molecule has 1 aliphatic carbocycles. The number of pyridine rings is 1. The number of benzene rings is 1. The van der Waals surface area contributed by atoms with Gasteiger partial charge in [0.15, 0.2) is 0 Å². The number of ether oxygens (including phenoxy) is 1. The second-order valence-electron chi connectivity index (χ2n) is 8.10. The Morgan fingerprint density at radius 2 is 2.04 bits per heavy atom. The molecule has 0 amide bonds. The molecule has 0 bridgehead atoms. The smallest absolute Gasteiger partial charge is 0.316 e. The predicted octanol–water partition coefficient (Wildman–Crippen LogP) is 4.00. The fourth-order valence-electron chi connectivity index (χ4n) is 4.68. The molecule has 0 saturated carbocycles. The van der Waals surface area contributed by atoms with Crippen molar-refractivity contribution in [2.45, 2.75) is 51.7 Å². The Hall–Kier alpha value is -2.88. The van der Waals surface area contributed by atoms with Crippen molar-refractivity contribution in [3.8, 4) is 0 Å². The van der Waals surface area contributed by atoms with E-state index in [2.05, 4.69) is 42.5 Å². The van der Waals surface area contributed by atoms with Crippen LogP contribution in [0.15, 0.2) is 46.8 Å². The van der Waals surface area contributed by atoms with Gasteiger partial charge in [-0.25, -0.2) is 0 Å². The Morgan fingerprint density at radius 1 is 1.21 bits per heavy atom. The number of allylic oxidation sites excluding steroid dienone is 3. The molecule has 1 aromatic carbocycles. The van der Waals surface area contributed by atoms with E-state index < -0.39 is 5.41 Å². The van der Waals surface area contributed by atoms with Crippen molar-refractivity contribution in [1.29, 1.82) is 0 Å². The maximum atomic E-state index is 13.3.